The number of hydrogen-bond donors (Lipinski definition) is 0. The van der Waals surface area contributed by atoms with Crippen LogP contribution in [-0.2, 0) is 4.79 Å². The first kappa shape index (κ1) is 14.0. The second-order valence-corrected chi connectivity index (χ2v) is 5.54. The van der Waals surface area contributed by atoms with Crippen LogP contribution >= 0.6 is 0 Å². The summed E-state index contributed by atoms with van der Waals surface area (Å²) in [5, 5.41) is 0. The second-order valence-electron chi connectivity index (χ2n) is 5.54. The van der Waals surface area contributed by atoms with Crippen LogP contribution in [0.25, 0.3) is 0 Å². The molecule has 0 saturated carbocycles. The Balaban J connectivity index is 3.04. The van der Waals surface area contributed by atoms with E-state index in [1.54, 1.807) is 0 Å². The van der Waals surface area contributed by atoms with Crippen LogP contribution in [0.15, 0.2) is 34.9 Å². The number of hydrogen-bond acceptors (Lipinski definition) is 1. The Morgan fingerprint density at radius 2 is 2.06 bits per heavy atom. The number of Topliss-reactive ketones (excluding diaryl/α,β-unsaturated/α-hetero) is 1. The Hall–Kier alpha value is -1.11. The lowest BCUT2D eigenvalue weighted by Crippen LogP contribution is -2.24. The standard InChI is InChI=1S/C16H24O/c1-6-7-12(2)8-9-14-13(3)15(17)10-11-16(14,4)5/h7-9H,6,10-11H2,1-5H3. The molecule has 0 bridgehead atoms. The van der Waals surface area contributed by atoms with Crippen molar-refractivity contribution in [2.45, 2.75) is 53.9 Å². The van der Waals surface area contributed by atoms with Crippen molar-refractivity contribution in [2.24, 2.45) is 5.41 Å². The summed E-state index contributed by atoms with van der Waals surface area (Å²) in [6, 6.07) is 0. The number of rotatable bonds is 3. The molecule has 0 heterocycles. The Labute approximate surface area is 105 Å². The molecule has 1 nitrogen and oxygen atoms in total. The van der Waals surface area contributed by atoms with Crippen LogP contribution in [0.4, 0.5) is 0 Å². The first-order valence-corrected chi connectivity index (χ1v) is 6.48. The molecule has 0 unspecified atom stereocenters. The fourth-order valence-corrected chi connectivity index (χ4v) is 2.36. The highest BCUT2D eigenvalue weighted by Gasteiger charge is 2.30. The first-order chi connectivity index (χ1) is 7.88. The molecular formula is C16H24O. The minimum absolute atomic E-state index is 0.126. The molecule has 1 rings (SSSR count). The van der Waals surface area contributed by atoms with Gasteiger partial charge in [0, 0.05) is 6.42 Å². The summed E-state index contributed by atoms with van der Waals surface area (Å²) in [7, 11) is 0. The molecule has 1 aliphatic carbocycles. The maximum absolute atomic E-state index is 11.8. The molecule has 0 aromatic rings. The highest BCUT2D eigenvalue weighted by atomic mass is 16.1. The van der Waals surface area contributed by atoms with Crippen LogP contribution < -0.4 is 0 Å². The molecule has 0 aliphatic heterocycles. The van der Waals surface area contributed by atoms with Crippen molar-refractivity contribution in [1.82, 2.24) is 0 Å². The second kappa shape index (κ2) is 5.48. The minimum Gasteiger partial charge on any atom is -0.295 e. The van der Waals surface area contributed by atoms with Gasteiger partial charge in [-0.15, -0.1) is 0 Å². The number of carbonyl (C=O) groups excluding carboxylic acids is 1. The quantitative estimate of drug-likeness (QED) is 0.650. The lowest BCUT2D eigenvalue weighted by Gasteiger charge is -2.32. The molecule has 0 fully saturated rings. The molecule has 0 amide bonds. The number of allylic oxidation sites excluding steroid dienone is 6. The molecular weight excluding hydrogens is 208 g/mol. The molecule has 0 aromatic carbocycles. The fourth-order valence-electron chi connectivity index (χ4n) is 2.36. The van der Waals surface area contributed by atoms with Gasteiger partial charge in [-0.3, -0.25) is 4.79 Å². The maximum Gasteiger partial charge on any atom is 0.158 e. The predicted octanol–water partition coefficient (Wildman–Crippen LogP) is 4.60. The smallest absolute Gasteiger partial charge is 0.158 e. The van der Waals surface area contributed by atoms with Crippen molar-refractivity contribution in [3.05, 3.63) is 34.9 Å². The third-order valence-electron chi connectivity index (χ3n) is 3.57. The third-order valence-corrected chi connectivity index (χ3v) is 3.57. The average Bonchev–Trinajstić information content (AvgIpc) is 2.24. The fraction of sp³-hybridized carbons (Fsp3) is 0.562. The van der Waals surface area contributed by atoms with Crippen LogP contribution in [-0.4, -0.2) is 5.78 Å². The molecule has 1 aliphatic rings. The van der Waals surface area contributed by atoms with Crippen molar-refractivity contribution in [1.29, 1.82) is 0 Å². The van der Waals surface area contributed by atoms with Crippen molar-refractivity contribution < 1.29 is 4.79 Å². The van der Waals surface area contributed by atoms with Crippen LogP contribution in [0.5, 0.6) is 0 Å². The van der Waals surface area contributed by atoms with E-state index in [9.17, 15) is 4.79 Å². The van der Waals surface area contributed by atoms with E-state index < -0.39 is 0 Å². The largest absolute Gasteiger partial charge is 0.295 e. The van der Waals surface area contributed by atoms with E-state index in [-0.39, 0.29) is 5.41 Å². The van der Waals surface area contributed by atoms with E-state index in [1.165, 1.54) is 11.1 Å². The predicted molar refractivity (Wildman–Crippen MR) is 73.9 cm³/mol. The van der Waals surface area contributed by atoms with Gasteiger partial charge in [0.25, 0.3) is 0 Å². The topological polar surface area (TPSA) is 17.1 Å². The summed E-state index contributed by atoms with van der Waals surface area (Å²) < 4.78 is 0. The van der Waals surface area contributed by atoms with Crippen LogP contribution in [0.3, 0.4) is 0 Å². The summed E-state index contributed by atoms with van der Waals surface area (Å²) in [5.41, 5.74) is 3.54. The van der Waals surface area contributed by atoms with Gasteiger partial charge in [-0.2, -0.15) is 0 Å². The van der Waals surface area contributed by atoms with E-state index in [2.05, 4.69) is 45.9 Å². The molecule has 17 heavy (non-hydrogen) atoms. The van der Waals surface area contributed by atoms with Gasteiger partial charge in [0.2, 0.25) is 0 Å². The van der Waals surface area contributed by atoms with E-state index in [1.807, 2.05) is 6.92 Å². The normalized spacial score (nSPS) is 21.5. The van der Waals surface area contributed by atoms with Gasteiger partial charge in [0.1, 0.15) is 0 Å². The molecule has 0 atom stereocenters. The summed E-state index contributed by atoms with van der Waals surface area (Å²) in [4.78, 5) is 11.8. The molecule has 0 spiro atoms. The molecule has 0 radical (unpaired) electrons. The Bertz CT molecular complexity index is 392. The van der Waals surface area contributed by atoms with Crippen LogP contribution in [0.2, 0.25) is 0 Å². The van der Waals surface area contributed by atoms with Gasteiger partial charge < -0.3 is 0 Å². The molecule has 0 aromatic heterocycles. The minimum atomic E-state index is 0.126. The van der Waals surface area contributed by atoms with Gasteiger partial charge in [0.15, 0.2) is 5.78 Å². The molecule has 0 N–H and O–H groups in total. The Kier molecular flexibility index (Phi) is 4.50. The van der Waals surface area contributed by atoms with Crippen LogP contribution in [0.1, 0.15) is 53.9 Å². The lowest BCUT2D eigenvalue weighted by atomic mass is 9.72. The summed E-state index contributed by atoms with van der Waals surface area (Å²) >= 11 is 0. The monoisotopic (exact) mass is 232 g/mol. The Morgan fingerprint density at radius 3 is 2.65 bits per heavy atom. The summed E-state index contributed by atoms with van der Waals surface area (Å²) in [6.07, 6.45) is 9.16. The first-order valence-electron chi connectivity index (χ1n) is 6.48. The molecule has 94 valence electrons. The van der Waals surface area contributed by atoms with Gasteiger partial charge in [0.05, 0.1) is 0 Å². The SMILES string of the molecule is CCC=C(C)C=CC1=C(C)C(=O)CCC1(C)C. The van der Waals surface area contributed by atoms with Gasteiger partial charge in [-0.05, 0) is 43.3 Å². The molecule has 1 heteroatoms. The highest BCUT2D eigenvalue weighted by Crippen LogP contribution is 2.39. The van der Waals surface area contributed by atoms with E-state index in [0.29, 0.717) is 12.2 Å². The molecule has 0 saturated heterocycles. The van der Waals surface area contributed by atoms with Crippen molar-refractivity contribution in [3.63, 3.8) is 0 Å². The van der Waals surface area contributed by atoms with Crippen molar-refractivity contribution in [3.8, 4) is 0 Å². The zero-order valence-corrected chi connectivity index (χ0v) is 11.8. The van der Waals surface area contributed by atoms with Gasteiger partial charge in [-0.1, -0.05) is 44.6 Å². The van der Waals surface area contributed by atoms with Gasteiger partial charge >= 0.3 is 0 Å². The zero-order chi connectivity index (χ0) is 13.1. The highest BCUT2D eigenvalue weighted by molar-refractivity contribution is 5.97. The zero-order valence-electron chi connectivity index (χ0n) is 11.8. The maximum atomic E-state index is 11.8. The van der Waals surface area contributed by atoms with E-state index in [0.717, 1.165) is 18.4 Å². The number of ketones is 1. The third kappa shape index (κ3) is 3.42. The lowest BCUT2D eigenvalue weighted by molar-refractivity contribution is -0.116. The van der Waals surface area contributed by atoms with Crippen LogP contribution in [0, 0.1) is 5.41 Å². The van der Waals surface area contributed by atoms with Gasteiger partial charge in [-0.25, -0.2) is 0 Å². The van der Waals surface area contributed by atoms with Crippen molar-refractivity contribution in [2.75, 3.05) is 0 Å². The van der Waals surface area contributed by atoms with E-state index in [4.69, 9.17) is 0 Å². The average molecular weight is 232 g/mol. The summed E-state index contributed by atoms with van der Waals surface area (Å²) in [5.74, 6) is 0.307. The number of carbonyl (C=O) groups is 1. The Morgan fingerprint density at radius 1 is 1.41 bits per heavy atom. The van der Waals surface area contributed by atoms with E-state index >= 15 is 0 Å². The van der Waals surface area contributed by atoms with Crippen molar-refractivity contribution >= 4 is 5.78 Å². The summed E-state index contributed by atoms with van der Waals surface area (Å²) in [6.45, 7) is 10.6.